The Labute approximate surface area is 101 Å². The number of ketones is 2. The number of fused-ring (bicyclic) bond motifs is 1. The number of benzene rings is 1. The summed E-state index contributed by atoms with van der Waals surface area (Å²) in [6.07, 6.45) is -3.52. The maximum absolute atomic E-state index is 12.7. The van der Waals surface area contributed by atoms with Crippen LogP contribution < -0.4 is 9.47 Å². The molecule has 0 N–H and O–H groups in total. The van der Waals surface area contributed by atoms with Gasteiger partial charge in [0.05, 0.1) is 0 Å². The van der Waals surface area contributed by atoms with Gasteiger partial charge in [0.15, 0.2) is 17.3 Å². The summed E-state index contributed by atoms with van der Waals surface area (Å²) in [4.78, 5) is 22.4. The molecule has 0 bridgehead atoms. The van der Waals surface area contributed by atoms with Crippen LogP contribution in [0.4, 0.5) is 8.78 Å². The standard InChI is InChI=1S/C12H10F2O4/c1-7(15)2-4-9(16)8-3-5-10-11(6-8)18-12(13,14)17-10/h3,5-6H,2,4H2,1H3. The monoisotopic (exact) mass is 256 g/mol. The summed E-state index contributed by atoms with van der Waals surface area (Å²) in [5.41, 5.74) is 0.219. The third-order valence-corrected chi connectivity index (χ3v) is 2.43. The average Bonchev–Trinajstić information content (AvgIpc) is 2.58. The SMILES string of the molecule is CC(=O)CCC(=O)c1ccc2c(c1)OC(F)(F)O2. The van der Waals surface area contributed by atoms with Gasteiger partial charge in [-0.1, -0.05) is 0 Å². The molecule has 1 aliphatic heterocycles. The first-order chi connectivity index (χ1) is 8.37. The van der Waals surface area contributed by atoms with Crippen LogP contribution in [0.25, 0.3) is 0 Å². The summed E-state index contributed by atoms with van der Waals surface area (Å²) in [7, 11) is 0. The van der Waals surface area contributed by atoms with Crippen LogP contribution in [-0.4, -0.2) is 17.9 Å². The van der Waals surface area contributed by atoms with E-state index in [-0.39, 0.29) is 41.5 Å². The molecule has 0 aliphatic carbocycles. The van der Waals surface area contributed by atoms with E-state index in [0.29, 0.717) is 0 Å². The number of rotatable bonds is 4. The van der Waals surface area contributed by atoms with Crippen molar-refractivity contribution in [3.05, 3.63) is 23.8 Å². The topological polar surface area (TPSA) is 52.6 Å². The van der Waals surface area contributed by atoms with E-state index >= 15 is 0 Å². The van der Waals surface area contributed by atoms with Gasteiger partial charge in [0, 0.05) is 18.4 Å². The Hall–Kier alpha value is -1.98. The van der Waals surface area contributed by atoms with Crippen molar-refractivity contribution in [3.8, 4) is 11.5 Å². The number of hydrogen-bond donors (Lipinski definition) is 0. The van der Waals surface area contributed by atoms with Gasteiger partial charge < -0.3 is 14.3 Å². The molecular formula is C12H10F2O4. The Balaban J connectivity index is 2.13. The summed E-state index contributed by atoms with van der Waals surface area (Å²) in [6.45, 7) is 1.38. The molecule has 0 spiro atoms. The first-order valence-electron chi connectivity index (χ1n) is 5.30. The number of carbonyl (C=O) groups excluding carboxylic acids is 2. The van der Waals surface area contributed by atoms with Gasteiger partial charge in [-0.25, -0.2) is 0 Å². The maximum Gasteiger partial charge on any atom is 0.586 e. The van der Waals surface area contributed by atoms with Crippen molar-refractivity contribution in [1.82, 2.24) is 0 Å². The number of Topliss-reactive ketones (excluding diaryl/α,β-unsaturated/α-hetero) is 2. The molecule has 18 heavy (non-hydrogen) atoms. The summed E-state index contributed by atoms with van der Waals surface area (Å²) in [5.74, 6) is -0.681. The smallest absolute Gasteiger partial charge is 0.395 e. The molecule has 1 aromatic carbocycles. The molecule has 0 radical (unpaired) electrons. The lowest BCUT2D eigenvalue weighted by Gasteiger charge is -2.04. The Morgan fingerprint density at radius 3 is 2.50 bits per heavy atom. The molecule has 4 nitrogen and oxygen atoms in total. The van der Waals surface area contributed by atoms with Crippen molar-refractivity contribution in [2.45, 2.75) is 26.1 Å². The van der Waals surface area contributed by atoms with E-state index in [0.717, 1.165) is 0 Å². The number of hydrogen-bond acceptors (Lipinski definition) is 4. The van der Waals surface area contributed by atoms with E-state index in [9.17, 15) is 18.4 Å². The lowest BCUT2D eigenvalue weighted by atomic mass is 10.0. The van der Waals surface area contributed by atoms with E-state index in [1.807, 2.05) is 0 Å². The minimum absolute atomic E-state index is 0.0470. The van der Waals surface area contributed by atoms with E-state index in [1.54, 1.807) is 0 Å². The molecule has 0 saturated heterocycles. The van der Waals surface area contributed by atoms with Gasteiger partial charge >= 0.3 is 6.29 Å². The fraction of sp³-hybridized carbons (Fsp3) is 0.333. The van der Waals surface area contributed by atoms with Crippen molar-refractivity contribution in [2.24, 2.45) is 0 Å². The summed E-state index contributed by atoms with van der Waals surface area (Å²) >= 11 is 0. The molecule has 1 aliphatic rings. The van der Waals surface area contributed by atoms with Gasteiger partial charge in [0.2, 0.25) is 0 Å². The molecule has 0 unspecified atom stereocenters. The van der Waals surface area contributed by atoms with E-state index < -0.39 is 6.29 Å². The Kier molecular flexibility index (Phi) is 3.02. The zero-order chi connectivity index (χ0) is 13.3. The third kappa shape index (κ3) is 2.64. The van der Waals surface area contributed by atoms with Gasteiger partial charge in [-0.15, -0.1) is 8.78 Å². The molecule has 1 heterocycles. The molecule has 1 aromatic rings. The van der Waals surface area contributed by atoms with Gasteiger partial charge in [-0.2, -0.15) is 0 Å². The zero-order valence-electron chi connectivity index (χ0n) is 9.54. The van der Waals surface area contributed by atoms with Crippen molar-refractivity contribution >= 4 is 11.6 Å². The number of carbonyl (C=O) groups is 2. The van der Waals surface area contributed by atoms with Crippen LogP contribution in [-0.2, 0) is 4.79 Å². The molecule has 2 rings (SSSR count). The fourth-order valence-electron chi connectivity index (χ4n) is 1.56. The number of halogens is 2. The van der Waals surface area contributed by atoms with Crippen LogP contribution in [0.15, 0.2) is 18.2 Å². The average molecular weight is 256 g/mol. The van der Waals surface area contributed by atoms with Gasteiger partial charge in [-0.3, -0.25) is 4.79 Å². The summed E-state index contributed by atoms with van der Waals surface area (Å²) in [5, 5.41) is 0. The molecule has 6 heteroatoms. The Morgan fingerprint density at radius 2 is 1.83 bits per heavy atom. The van der Waals surface area contributed by atoms with Crippen molar-refractivity contribution in [1.29, 1.82) is 0 Å². The highest BCUT2D eigenvalue weighted by atomic mass is 19.3. The van der Waals surface area contributed by atoms with Crippen LogP contribution in [0.1, 0.15) is 30.1 Å². The predicted octanol–water partition coefficient (Wildman–Crippen LogP) is 2.56. The molecule has 0 aromatic heterocycles. The summed E-state index contributed by atoms with van der Waals surface area (Å²) in [6, 6.07) is 3.81. The maximum atomic E-state index is 12.7. The zero-order valence-corrected chi connectivity index (χ0v) is 9.54. The van der Waals surface area contributed by atoms with E-state index in [1.165, 1.54) is 25.1 Å². The van der Waals surface area contributed by atoms with Gasteiger partial charge in [0.1, 0.15) is 5.78 Å². The van der Waals surface area contributed by atoms with Gasteiger partial charge in [0.25, 0.3) is 0 Å². The molecular weight excluding hydrogens is 246 g/mol. The second-order valence-corrected chi connectivity index (χ2v) is 3.95. The molecule has 0 amide bonds. The first-order valence-corrected chi connectivity index (χ1v) is 5.30. The van der Waals surface area contributed by atoms with Crippen LogP contribution in [0.5, 0.6) is 11.5 Å². The molecule has 0 saturated carbocycles. The highest BCUT2D eigenvalue weighted by Crippen LogP contribution is 2.41. The van der Waals surface area contributed by atoms with E-state index in [2.05, 4.69) is 9.47 Å². The Bertz CT molecular complexity index is 511. The van der Waals surface area contributed by atoms with Crippen molar-refractivity contribution in [3.63, 3.8) is 0 Å². The second-order valence-electron chi connectivity index (χ2n) is 3.95. The largest absolute Gasteiger partial charge is 0.586 e. The van der Waals surface area contributed by atoms with Crippen LogP contribution in [0, 0.1) is 0 Å². The number of ether oxygens (including phenoxy) is 2. The normalized spacial score (nSPS) is 15.5. The van der Waals surface area contributed by atoms with Crippen molar-refractivity contribution < 1.29 is 27.8 Å². The lowest BCUT2D eigenvalue weighted by molar-refractivity contribution is -0.286. The second kappa shape index (κ2) is 4.36. The van der Waals surface area contributed by atoms with Crippen LogP contribution in [0.3, 0.4) is 0 Å². The highest BCUT2D eigenvalue weighted by molar-refractivity contribution is 5.98. The third-order valence-electron chi connectivity index (χ3n) is 2.43. The van der Waals surface area contributed by atoms with E-state index in [4.69, 9.17) is 0 Å². The lowest BCUT2D eigenvalue weighted by Crippen LogP contribution is -2.25. The quantitative estimate of drug-likeness (QED) is 0.777. The Morgan fingerprint density at radius 1 is 1.17 bits per heavy atom. The van der Waals surface area contributed by atoms with Crippen LogP contribution >= 0.6 is 0 Å². The predicted molar refractivity (Wildman–Crippen MR) is 56.9 cm³/mol. The molecule has 0 atom stereocenters. The minimum atomic E-state index is -3.69. The van der Waals surface area contributed by atoms with Crippen molar-refractivity contribution in [2.75, 3.05) is 0 Å². The van der Waals surface area contributed by atoms with Gasteiger partial charge in [-0.05, 0) is 25.1 Å². The number of alkyl halides is 2. The fourth-order valence-corrected chi connectivity index (χ4v) is 1.56. The first kappa shape index (κ1) is 12.5. The summed E-state index contributed by atoms with van der Waals surface area (Å²) < 4.78 is 33.9. The molecule has 96 valence electrons. The highest BCUT2D eigenvalue weighted by Gasteiger charge is 2.43. The molecule has 0 fully saturated rings. The van der Waals surface area contributed by atoms with Crippen LogP contribution in [0.2, 0.25) is 0 Å². The minimum Gasteiger partial charge on any atom is -0.395 e.